The Morgan fingerprint density at radius 3 is 2.76 bits per heavy atom. The van der Waals surface area contributed by atoms with Crippen LogP contribution < -0.4 is 5.32 Å². The van der Waals surface area contributed by atoms with Crippen molar-refractivity contribution in [2.24, 2.45) is 0 Å². The minimum atomic E-state index is -0.152. The van der Waals surface area contributed by atoms with Gasteiger partial charge in [-0.05, 0) is 52.2 Å². The molecule has 0 bridgehead atoms. The van der Waals surface area contributed by atoms with E-state index in [4.69, 9.17) is 0 Å². The number of nitrogens with one attached hydrogen (secondary N) is 1. The average molecular weight is 303 g/mol. The lowest BCUT2D eigenvalue weighted by molar-refractivity contribution is 0.365. The second-order valence-electron chi connectivity index (χ2n) is 4.61. The molecule has 0 saturated heterocycles. The van der Waals surface area contributed by atoms with Gasteiger partial charge in [0, 0.05) is 22.6 Å². The zero-order valence-corrected chi connectivity index (χ0v) is 12.2. The monoisotopic (exact) mass is 302 g/mol. The van der Waals surface area contributed by atoms with Crippen LogP contribution >= 0.6 is 15.9 Å². The van der Waals surface area contributed by atoms with Crippen molar-refractivity contribution in [3.8, 4) is 0 Å². The molecule has 0 aliphatic rings. The van der Waals surface area contributed by atoms with Gasteiger partial charge in [-0.25, -0.2) is 4.39 Å². The molecule has 1 aromatic carbocycles. The maximum absolute atomic E-state index is 13.5. The van der Waals surface area contributed by atoms with Crippen LogP contribution in [0.25, 0.3) is 0 Å². The van der Waals surface area contributed by atoms with Crippen molar-refractivity contribution < 1.29 is 4.39 Å². The average Bonchev–Trinajstić information content (AvgIpc) is 2.27. The van der Waals surface area contributed by atoms with Gasteiger partial charge in [0.1, 0.15) is 5.82 Å². The second-order valence-corrected chi connectivity index (χ2v) is 5.53. The van der Waals surface area contributed by atoms with E-state index in [2.05, 4.69) is 47.2 Å². The summed E-state index contributed by atoms with van der Waals surface area (Å²) in [6, 6.07) is 5.41. The molecule has 17 heavy (non-hydrogen) atoms. The predicted octanol–water partition coefficient (Wildman–Crippen LogP) is 3.02. The van der Waals surface area contributed by atoms with E-state index in [1.165, 1.54) is 6.07 Å². The van der Waals surface area contributed by atoms with E-state index in [9.17, 15) is 4.39 Å². The second kappa shape index (κ2) is 7.09. The van der Waals surface area contributed by atoms with Gasteiger partial charge in [-0.15, -0.1) is 0 Å². The van der Waals surface area contributed by atoms with Crippen LogP contribution in [-0.2, 0) is 6.54 Å². The van der Waals surface area contributed by atoms with E-state index in [1.54, 1.807) is 6.07 Å². The number of halogens is 2. The molecule has 0 radical (unpaired) electrons. The Morgan fingerprint density at radius 2 is 2.12 bits per heavy atom. The molecule has 0 saturated carbocycles. The third-order valence-corrected chi connectivity index (χ3v) is 3.15. The summed E-state index contributed by atoms with van der Waals surface area (Å²) in [4.78, 5) is 2.15. The molecule has 1 aromatic rings. The van der Waals surface area contributed by atoms with Crippen LogP contribution in [-0.4, -0.2) is 31.6 Å². The molecule has 1 N–H and O–H groups in total. The highest BCUT2D eigenvalue weighted by Gasteiger charge is 2.06. The molecule has 96 valence electrons. The topological polar surface area (TPSA) is 15.3 Å². The summed E-state index contributed by atoms with van der Waals surface area (Å²) in [6.07, 6.45) is 1.06. The molecular formula is C13H20BrFN2. The van der Waals surface area contributed by atoms with E-state index in [1.807, 2.05) is 6.07 Å². The molecule has 0 aromatic heterocycles. The molecular weight excluding hydrogens is 283 g/mol. The van der Waals surface area contributed by atoms with E-state index < -0.39 is 0 Å². The van der Waals surface area contributed by atoms with Crippen molar-refractivity contribution in [1.29, 1.82) is 0 Å². The predicted molar refractivity (Wildman–Crippen MR) is 73.6 cm³/mol. The van der Waals surface area contributed by atoms with Gasteiger partial charge in [0.05, 0.1) is 0 Å². The van der Waals surface area contributed by atoms with E-state index >= 15 is 0 Å². The number of nitrogens with zero attached hydrogens (tertiary/aromatic N) is 1. The fourth-order valence-electron chi connectivity index (χ4n) is 1.52. The number of hydrogen-bond donors (Lipinski definition) is 1. The largest absolute Gasteiger partial charge is 0.310 e. The van der Waals surface area contributed by atoms with Crippen LogP contribution in [0.5, 0.6) is 0 Å². The number of benzene rings is 1. The molecule has 0 spiro atoms. The molecule has 0 fully saturated rings. The van der Waals surface area contributed by atoms with Gasteiger partial charge in [-0.1, -0.05) is 15.9 Å². The van der Waals surface area contributed by atoms with Gasteiger partial charge >= 0.3 is 0 Å². The Kier molecular flexibility index (Phi) is 6.09. The summed E-state index contributed by atoms with van der Waals surface area (Å²) in [5, 5.41) is 3.33. The van der Waals surface area contributed by atoms with E-state index in [-0.39, 0.29) is 5.82 Å². The molecule has 1 rings (SSSR count). The summed E-state index contributed by atoms with van der Waals surface area (Å²) in [7, 11) is 4.11. The summed E-state index contributed by atoms with van der Waals surface area (Å²) in [5.41, 5.74) is 0.705. The van der Waals surface area contributed by atoms with E-state index in [0.717, 1.165) is 17.4 Å². The maximum Gasteiger partial charge on any atom is 0.127 e. The smallest absolute Gasteiger partial charge is 0.127 e. The Hall–Kier alpha value is -0.450. The highest BCUT2D eigenvalue weighted by Crippen LogP contribution is 2.15. The summed E-state index contributed by atoms with van der Waals surface area (Å²) in [6.45, 7) is 3.73. The molecule has 1 unspecified atom stereocenters. The van der Waals surface area contributed by atoms with E-state index in [0.29, 0.717) is 18.2 Å². The van der Waals surface area contributed by atoms with Crippen LogP contribution in [0.1, 0.15) is 18.9 Å². The maximum atomic E-state index is 13.5. The summed E-state index contributed by atoms with van der Waals surface area (Å²) < 4.78 is 14.4. The Morgan fingerprint density at radius 1 is 1.41 bits per heavy atom. The molecule has 0 aliphatic heterocycles. The van der Waals surface area contributed by atoms with Crippen LogP contribution in [0.2, 0.25) is 0 Å². The minimum Gasteiger partial charge on any atom is -0.310 e. The Labute approximate surface area is 111 Å². The van der Waals surface area contributed by atoms with Gasteiger partial charge in [-0.3, -0.25) is 0 Å². The van der Waals surface area contributed by atoms with Gasteiger partial charge in [0.25, 0.3) is 0 Å². The molecule has 0 aliphatic carbocycles. The van der Waals surface area contributed by atoms with Crippen LogP contribution in [0, 0.1) is 5.82 Å². The highest BCUT2D eigenvalue weighted by atomic mass is 79.9. The Balaban J connectivity index is 2.41. The third-order valence-electron chi connectivity index (χ3n) is 2.66. The standard InChI is InChI=1S/C13H20BrFN2/c1-10(6-7-17(2)3)16-9-11-8-12(14)4-5-13(11)15/h4-5,8,10,16H,6-7,9H2,1-3H3. The van der Waals surface area contributed by atoms with Crippen molar-refractivity contribution in [2.45, 2.75) is 25.9 Å². The fraction of sp³-hybridized carbons (Fsp3) is 0.538. The molecule has 4 heteroatoms. The zero-order chi connectivity index (χ0) is 12.8. The van der Waals surface area contributed by atoms with Gasteiger partial charge in [0.15, 0.2) is 0 Å². The summed E-state index contributed by atoms with van der Waals surface area (Å²) >= 11 is 3.35. The Bertz CT molecular complexity index is 355. The van der Waals surface area contributed by atoms with Crippen molar-refractivity contribution >= 4 is 15.9 Å². The molecule has 0 heterocycles. The molecule has 2 nitrogen and oxygen atoms in total. The van der Waals surface area contributed by atoms with Gasteiger partial charge in [-0.2, -0.15) is 0 Å². The number of hydrogen-bond acceptors (Lipinski definition) is 2. The first-order chi connectivity index (χ1) is 7.99. The first-order valence-corrected chi connectivity index (χ1v) is 6.60. The third kappa shape index (κ3) is 5.61. The van der Waals surface area contributed by atoms with Gasteiger partial charge < -0.3 is 10.2 Å². The fourth-order valence-corrected chi connectivity index (χ4v) is 1.93. The lowest BCUT2D eigenvalue weighted by atomic mass is 10.2. The van der Waals surface area contributed by atoms with Crippen LogP contribution in [0.4, 0.5) is 4.39 Å². The van der Waals surface area contributed by atoms with Crippen LogP contribution in [0.15, 0.2) is 22.7 Å². The van der Waals surface area contributed by atoms with Gasteiger partial charge in [0.2, 0.25) is 0 Å². The summed E-state index contributed by atoms with van der Waals surface area (Å²) in [5.74, 6) is -0.152. The molecule has 0 amide bonds. The minimum absolute atomic E-state index is 0.152. The lowest BCUT2D eigenvalue weighted by Gasteiger charge is -2.17. The zero-order valence-electron chi connectivity index (χ0n) is 10.6. The quantitative estimate of drug-likeness (QED) is 0.869. The first kappa shape index (κ1) is 14.6. The SMILES string of the molecule is CC(CCN(C)C)NCc1cc(Br)ccc1F. The van der Waals surface area contributed by atoms with Crippen molar-refractivity contribution in [3.63, 3.8) is 0 Å². The van der Waals surface area contributed by atoms with Crippen LogP contribution in [0.3, 0.4) is 0 Å². The van der Waals surface area contributed by atoms with Crippen molar-refractivity contribution in [3.05, 3.63) is 34.1 Å². The lowest BCUT2D eigenvalue weighted by Crippen LogP contribution is -2.29. The van der Waals surface area contributed by atoms with Crippen molar-refractivity contribution in [2.75, 3.05) is 20.6 Å². The normalized spacial score (nSPS) is 13.1. The first-order valence-electron chi connectivity index (χ1n) is 5.81. The number of rotatable bonds is 6. The van der Waals surface area contributed by atoms with Crippen molar-refractivity contribution in [1.82, 2.24) is 10.2 Å². The molecule has 1 atom stereocenters. The highest BCUT2D eigenvalue weighted by molar-refractivity contribution is 9.10.